The number of pyridine rings is 1. The van der Waals surface area contributed by atoms with E-state index in [-0.39, 0.29) is 11.4 Å². The van der Waals surface area contributed by atoms with Crippen LogP contribution in [0.5, 0.6) is 5.75 Å². The summed E-state index contributed by atoms with van der Waals surface area (Å²) in [7, 11) is 1.55. The second-order valence-corrected chi connectivity index (χ2v) is 4.32. The number of methoxy groups -OCH3 is 1. The van der Waals surface area contributed by atoms with Crippen molar-refractivity contribution in [2.24, 2.45) is 0 Å². The highest BCUT2D eigenvalue weighted by Crippen LogP contribution is 2.28. The Morgan fingerprint density at radius 1 is 1.37 bits per heavy atom. The number of nitrogen functional groups attached to an aromatic ring is 1. The van der Waals surface area contributed by atoms with Crippen LogP contribution in [0, 0.1) is 11.3 Å². The van der Waals surface area contributed by atoms with Gasteiger partial charge in [-0.2, -0.15) is 5.26 Å². The molecule has 19 heavy (non-hydrogen) atoms. The standard InChI is InChI=1S/C12H11N5OS/c1-18-8-3-7(5-15-6-8)10-9(4-13)11(14)17-12(16-10)19-2/h3,5-6H,1-2H3,(H2,14,16,17). The smallest absolute Gasteiger partial charge is 0.189 e. The minimum Gasteiger partial charge on any atom is -0.495 e. The summed E-state index contributed by atoms with van der Waals surface area (Å²) in [6.07, 6.45) is 5.03. The summed E-state index contributed by atoms with van der Waals surface area (Å²) in [5.74, 6) is 0.754. The van der Waals surface area contributed by atoms with Gasteiger partial charge in [-0.15, -0.1) is 0 Å². The molecule has 0 unspecified atom stereocenters. The molecule has 2 rings (SSSR count). The zero-order valence-corrected chi connectivity index (χ0v) is 11.2. The van der Waals surface area contributed by atoms with Gasteiger partial charge < -0.3 is 10.5 Å². The van der Waals surface area contributed by atoms with Gasteiger partial charge in [0.05, 0.1) is 19.0 Å². The van der Waals surface area contributed by atoms with Crippen LogP contribution in [0.25, 0.3) is 11.3 Å². The second kappa shape index (κ2) is 5.54. The lowest BCUT2D eigenvalue weighted by atomic mass is 10.1. The Morgan fingerprint density at radius 3 is 2.79 bits per heavy atom. The van der Waals surface area contributed by atoms with Gasteiger partial charge in [0.25, 0.3) is 0 Å². The van der Waals surface area contributed by atoms with Gasteiger partial charge in [0.1, 0.15) is 23.2 Å². The number of rotatable bonds is 3. The molecule has 7 heteroatoms. The highest BCUT2D eigenvalue weighted by molar-refractivity contribution is 7.98. The number of aromatic nitrogens is 3. The Labute approximate surface area is 114 Å². The van der Waals surface area contributed by atoms with E-state index < -0.39 is 0 Å². The molecule has 2 heterocycles. The summed E-state index contributed by atoms with van der Waals surface area (Å²) in [6.45, 7) is 0. The van der Waals surface area contributed by atoms with Gasteiger partial charge in [-0.1, -0.05) is 11.8 Å². The number of hydrogen-bond donors (Lipinski definition) is 1. The van der Waals surface area contributed by atoms with E-state index in [1.54, 1.807) is 25.6 Å². The first-order valence-electron chi connectivity index (χ1n) is 5.30. The Balaban J connectivity index is 2.66. The fraction of sp³-hybridized carbons (Fsp3) is 0.167. The van der Waals surface area contributed by atoms with E-state index in [1.807, 2.05) is 12.3 Å². The maximum atomic E-state index is 9.18. The van der Waals surface area contributed by atoms with E-state index >= 15 is 0 Å². The van der Waals surface area contributed by atoms with Crippen LogP contribution in [-0.4, -0.2) is 28.3 Å². The fourth-order valence-corrected chi connectivity index (χ4v) is 1.90. The first-order chi connectivity index (χ1) is 9.19. The van der Waals surface area contributed by atoms with Crippen molar-refractivity contribution in [2.75, 3.05) is 19.1 Å². The van der Waals surface area contributed by atoms with Crippen LogP contribution in [0.4, 0.5) is 5.82 Å². The molecule has 0 aliphatic heterocycles. The maximum Gasteiger partial charge on any atom is 0.189 e. The maximum absolute atomic E-state index is 9.18. The fourth-order valence-electron chi connectivity index (χ4n) is 1.53. The SMILES string of the molecule is COc1cncc(-c2nc(SC)nc(N)c2C#N)c1. The lowest BCUT2D eigenvalue weighted by molar-refractivity contribution is 0.413. The Hall–Kier alpha value is -2.33. The van der Waals surface area contributed by atoms with Gasteiger partial charge >= 0.3 is 0 Å². The molecule has 0 saturated carbocycles. The van der Waals surface area contributed by atoms with Crippen LogP contribution in [0.2, 0.25) is 0 Å². The van der Waals surface area contributed by atoms with Gasteiger partial charge in [0.15, 0.2) is 5.16 Å². The van der Waals surface area contributed by atoms with Crippen LogP contribution in [-0.2, 0) is 0 Å². The van der Waals surface area contributed by atoms with Gasteiger partial charge in [-0.3, -0.25) is 4.98 Å². The number of ether oxygens (including phenoxy) is 1. The van der Waals surface area contributed by atoms with Gasteiger partial charge in [-0.25, -0.2) is 9.97 Å². The molecule has 2 aromatic rings. The molecule has 0 amide bonds. The first-order valence-corrected chi connectivity index (χ1v) is 6.53. The molecule has 0 atom stereocenters. The molecule has 0 aromatic carbocycles. The van der Waals surface area contributed by atoms with Crippen LogP contribution >= 0.6 is 11.8 Å². The number of thioether (sulfide) groups is 1. The molecule has 2 N–H and O–H groups in total. The third kappa shape index (κ3) is 2.58. The van der Waals surface area contributed by atoms with E-state index in [9.17, 15) is 5.26 Å². The first kappa shape index (κ1) is 13.1. The quantitative estimate of drug-likeness (QED) is 0.671. The zero-order valence-electron chi connectivity index (χ0n) is 10.4. The molecule has 0 bridgehead atoms. The summed E-state index contributed by atoms with van der Waals surface area (Å²) in [5.41, 5.74) is 7.15. The molecule has 0 spiro atoms. The van der Waals surface area contributed by atoms with Crippen molar-refractivity contribution in [3.8, 4) is 23.1 Å². The van der Waals surface area contributed by atoms with Crippen molar-refractivity contribution in [1.82, 2.24) is 15.0 Å². The number of nitrogens with two attached hydrogens (primary N) is 1. The van der Waals surface area contributed by atoms with E-state index in [0.29, 0.717) is 22.2 Å². The van der Waals surface area contributed by atoms with Crippen molar-refractivity contribution in [3.63, 3.8) is 0 Å². The summed E-state index contributed by atoms with van der Waals surface area (Å²) >= 11 is 1.36. The Morgan fingerprint density at radius 2 is 2.16 bits per heavy atom. The Kier molecular flexibility index (Phi) is 3.82. The van der Waals surface area contributed by atoms with Crippen LogP contribution in [0.3, 0.4) is 0 Å². The molecule has 0 fully saturated rings. The monoisotopic (exact) mass is 273 g/mol. The predicted molar refractivity (Wildman–Crippen MR) is 72.7 cm³/mol. The number of nitriles is 1. The van der Waals surface area contributed by atoms with Crippen molar-refractivity contribution >= 4 is 17.6 Å². The largest absolute Gasteiger partial charge is 0.495 e. The van der Waals surface area contributed by atoms with Crippen LogP contribution < -0.4 is 10.5 Å². The molecular weight excluding hydrogens is 262 g/mol. The summed E-state index contributed by atoms with van der Waals surface area (Å²) in [5, 5.41) is 9.69. The second-order valence-electron chi connectivity index (χ2n) is 3.54. The number of nitrogens with zero attached hydrogens (tertiary/aromatic N) is 4. The molecule has 0 aliphatic carbocycles. The average molecular weight is 273 g/mol. The van der Waals surface area contributed by atoms with Gasteiger partial charge in [0, 0.05) is 11.8 Å². The van der Waals surface area contributed by atoms with Crippen LogP contribution in [0.1, 0.15) is 5.56 Å². The molecule has 0 radical (unpaired) electrons. The third-order valence-electron chi connectivity index (χ3n) is 2.43. The minimum atomic E-state index is 0.166. The Bertz CT molecular complexity index is 653. The van der Waals surface area contributed by atoms with Crippen molar-refractivity contribution in [3.05, 3.63) is 24.0 Å². The van der Waals surface area contributed by atoms with E-state index in [4.69, 9.17) is 10.5 Å². The molecule has 0 saturated heterocycles. The summed E-state index contributed by atoms with van der Waals surface area (Å²) < 4.78 is 5.11. The zero-order chi connectivity index (χ0) is 13.8. The molecule has 6 nitrogen and oxygen atoms in total. The summed E-state index contributed by atoms with van der Waals surface area (Å²) in [6, 6.07) is 3.77. The highest BCUT2D eigenvalue weighted by Gasteiger charge is 2.14. The van der Waals surface area contributed by atoms with Gasteiger partial charge in [-0.05, 0) is 12.3 Å². The normalized spacial score (nSPS) is 9.95. The van der Waals surface area contributed by atoms with Crippen molar-refractivity contribution in [2.45, 2.75) is 5.16 Å². The highest BCUT2D eigenvalue weighted by atomic mass is 32.2. The topological polar surface area (TPSA) is 97.7 Å². The van der Waals surface area contributed by atoms with Crippen molar-refractivity contribution in [1.29, 1.82) is 5.26 Å². The number of anilines is 1. The van der Waals surface area contributed by atoms with E-state index in [0.717, 1.165) is 0 Å². The van der Waals surface area contributed by atoms with E-state index in [2.05, 4.69) is 15.0 Å². The predicted octanol–water partition coefficient (Wildman–Crippen LogP) is 1.72. The molecular formula is C12H11N5OS. The molecule has 96 valence electrons. The van der Waals surface area contributed by atoms with Gasteiger partial charge in [0.2, 0.25) is 0 Å². The lowest BCUT2D eigenvalue weighted by Gasteiger charge is -2.08. The van der Waals surface area contributed by atoms with Crippen molar-refractivity contribution < 1.29 is 4.74 Å². The summed E-state index contributed by atoms with van der Waals surface area (Å²) in [4.78, 5) is 12.4. The molecule has 2 aromatic heterocycles. The lowest BCUT2D eigenvalue weighted by Crippen LogP contribution is -2.02. The van der Waals surface area contributed by atoms with Crippen LogP contribution in [0.15, 0.2) is 23.6 Å². The number of hydrogen-bond acceptors (Lipinski definition) is 7. The third-order valence-corrected chi connectivity index (χ3v) is 2.98. The molecule has 0 aliphatic rings. The minimum absolute atomic E-state index is 0.166. The average Bonchev–Trinajstić information content (AvgIpc) is 2.46. The van der Waals surface area contributed by atoms with E-state index in [1.165, 1.54) is 11.8 Å².